The number of methoxy groups -OCH3 is 1. The third-order valence-corrected chi connectivity index (χ3v) is 5.99. The van der Waals surface area contributed by atoms with E-state index in [0.29, 0.717) is 16.0 Å². The van der Waals surface area contributed by atoms with Crippen LogP contribution in [0.25, 0.3) is 10.1 Å². The van der Waals surface area contributed by atoms with Crippen LogP contribution in [0.4, 0.5) is 13.2 Å². The molecule has 0 amide bonds. The molecule has 11 heteroatoms. The van der Waals surface area contributed by atoms with Crippen molar-refractivity contribution in [2.24, 2.45) is 0 Å². The van der Waals surface area contributed by atoms with Crippen molar-refractivity contribution in [2.75, 3.05) is 7.11 Å². The number of esters is 1. The summed E-state index contributed by atoms with van der Waals surface area (Å²) in [6.45, 7) is 1.35. The highest BCUT2D eigenvalue weighted by Gasteiger charge is 2.55. The standard InChI is InChI=1S/C17H15ClF3N3O3S/c1-3-16(26,17(19,20)21)12-8-24(23-22-12)7-9-4-5-10-11(6-9)28-14(13(10)18)15(25)27-2/h4-6,8,26H,3,7H2,1-2H3. The molecule has 0 saturated carbocycles. The van der Waals surface area contributed by atoms with E-state index in [1.165, 1.54) is 18.7 Å². The van der Waals surface area contributed by atoms with E-state index in [2.05, 4.69) is 10.3 Å². The minimum atomic E-state index is -4.86. The number of thiophene rings is 1. The van der Waals surface area contributed by atoms with Gasteiger partial charge in [0, 0.05) is 10.1 Å². The Kier molecular flexibility index (Phi) is 5.39. The van der Waals surface area contributed by atoms with Gasteiger partial charge in [-0.3, -0.25) is 0 Å². The van der Waals surface area contributed by atoms with Crippen molar-refractivity contribution in [3.05, 3.63) is 45.6 Å². The average Bonchev–Trinajstić information content (AvgIpc) is 3.24. The lowest BCUT2D eigenvalue weighted by Gasteiger charge is -2.26. The number of hydrogen-bond acceptors (Lipinski definition) is 6. The molecule has 0 radical (unpaired) electrons. The van der Waals surface area contributed by atoms with Crippen molar-refractivity contribution in [1.29, 1.82) is 0 Å². The van der Waals surface area contributed by atoms with Crippen molar-refractivity contribution >= 4 is 39.0 Å². The zero-order chi connectivity index (χ0) is 20.7. The predicted molar refractivity (Wildman–Crippen MR) is 97.5 cm³/mol. The minimum Gasteiger partial charge on any atom is -0.465 e. The molecule has 28 heavy (non-hydrogen) atoms. The molecule has 2 aromatic heterocycles. The molecular weight excluding hydrogens is 419 g/mol. The van der Waals surface area contributed by atoms with E-state index in [-0.39, 0.29) is 11.4 Å². The summed E-state index contributed by atoms with van der Waals surface area (Å²) in [5.74, 6) is -0.542. The molecule has 1 unspecified atom stereocenters. The number of aliphatic hydroxyl groups is 1. The highest BCUT2D eigenvalue weighted by molar-refractivity contribution is 7.21. The number of halogens is 4. The fourth-order valence-electron chi connectivity index (χ4n) is 2.71. The van der Waals surface area contributed by atoms with E-state index in [0.717, 1.165) is 22.2 Å². The molecule has 0 fully saturated rings. The van der Waals surface area contributed by atoms with Gasteiger partial charge in [-0.2, -0.15) is 13.2 Å². The van der Waals surface area contributed by atoms with Crippen LogP contribution in [0, 0.1) is 0 Å². The van der Waals surface area contributed by atoms with E-state index in [9.17, 15) is 23.1 Å². The summed E-state index contributed by atoms with van der Waals surface area (Å²) in [4.78, 5) is 12.0. The van der Waals surface area contributed by atoms with Gasteiger partial charge in [0.05, 0.1) is 24.9 Å². The molecular formula is C17H15ClF3N3O3S. The first kappa shape index (κ1) is 20.6. The number of alkyl halides is 3. The molecule has 0 aliphatic rings. The topological polar surface area (TPSA) is 77.2 Å². The van der Waals surface area contributed by atoms with Crippen molar-refractivity contribution in [3.8, 4) is 0 Å². The van der Waals surface area contributed by atoms with Crippen molar-refractivity contribution in [1.82, 2.24) is 15.0 Å². The third-order valence-electron chi connectivity index (χ3n) is 4.35. The average molecular weight is 434 g/mol. The summed E-state index contributed by atoms with van der Waals surface area (Å²) >= 11 is 7.36. The second-order valence-corrected chi connectivity index (χ2v) is 7.51. The molecule has 0 aliphatic carbocycles. The maximum absolute atomic E-state index is 13.2. The van der Waals surface area contributed by atoms with E-state index in [1.807, 2.05) is 0 Å². The molecule has 0 aliphatic heterocycles. The minimum absolute atomic E-state index is 0.129. The highest BCUT2D eigenvalue weighted by Crippen LogP contribution is 2.40. The van der Waals surface area contributed by atoms with Gasteiger partial charge in [0.25, 0.3) is 0 Å². The maximum atomic E-state index is 13.2. The molecule has 1 N–H and O–H groups in total. The first-order valence-electron chi connectivity index (χ1n) is 8.09. The quantitative estimate of drug-likeness (QED) is 0.612. The van der Waals surface area contributed by atoms with Crippen LogP contribution in [-0.4, -0.2) is 39.4 Å². The fourth-order valence-corrected chi connectivity index (χ4v) is 4.20. The number of rotatable bonds is 5. The lowest BCUT2D eigenvalue weighted by atomic mass is 9.96. The molecule has 6 nitrogen and oxygen atoms in total. The van der Waals surface area contributed by atoms with Crippen LogP contribution in [0.2, 0.25) is 5.02 Å². The van der Waals surface area contributed by atoms with Gasteiger partial charge in [0.2, 0.25) is 5.60 Å². The Morgan fingerprint density at radius 3 is 2.71 bits per heavy atom. The summed E-state index contributed by atoms with van der Waals surface area (Å²) in [7, 11) is 1.26. The lowest BCUT2D eigenvalue weighted by Crippen LogP contribution is -2.42. The Morgan fingerprint density at radius 1 is 1.39 bits per heavy atom. The number of aromatic nitrogens is 3. The summed E-state index contributed by atoms with van der Waals surface area (Å²) < 4.78 is 46.1. The van der Waals surface area contributed by atoms with Gasteiger partial charge in [-0.15, -0.1) is 16.4 Å². The molecule has 1 aromatic carbocycles. The number of benzene rings is 1. The van der Waals surface area contributed by atoms with Crippen LogP contribution in [0.15, 0.2) is 24.4 Å². The molecule has 0 saturated heterocycles. The van der Waals surface area contributed by atoms with Crippen LogP contribution >= 0.6 is 22.9 Å². The first-order chi connectivity index (χ1) is 13.1. The Balaban J connectivity index is 1.90. The monoisotopic (exact) mass is 433 g/mol. The molecule has 3 rings (SSSR count). The smallest absolute Gasteiger partial charge is 0.423 e. The van der Waals surface area contributed by atoms with Crippen molar-refractivity contribution < 1.29 is 27.8 Å². The highest BCUT2D eigenvalue weighted by atomic mass is 35.5. The largest absolute Gasteiger partial charge is 0.465 e. The normalized spacial score (nSPS) is 14.2. The summed E-state index contributed by atoms with van der Waals surface area (Å²) in [6, 6.07) is 5.19. The summed E-state index contributed by atoms with van der Waals surface area (Å²) in [5, 5.41) is 18.1. The lowest BCUT2D eigenvalue weighted by molar-refractivity contribution is -0.269. The zero-order valence-corrected chi connectivity index (χ0v) is 16.3. The maximum Gasteiger partial charge on any atom is 0.423 e. The van der Waals surface area contributed by atoms with E-state index in [4.69, 9.17) is 16.3 Å². The van der Waals surface area contributed by atoms with Crippen molar-refractivity contribution in [3.63, 3.8) is 0 Å². The number of ether oxygens (including phenoxy) is 1. The van der Waals surface area contributed by atoms with Gasteiger partial charge in [-0.1, -0.05) is 35.9 Å². The number of carbonyl (C=O) groups excluding carboxylic acids is 1. The van der Waals surface area contributed by atoms with Crippen LogP contribution in [0.3, 0.4) is 0 Å². The molecule has 2 heterocycles. The summed E-state index contributed by atoms with van der Waals surface area (Å²) in [6.07, 6.45) is -4.37. The van der Waals surface area contributed by atoms with Gasteiger partial charge >= 0.3 is 12.1 Å². The van der Waals surface area contributed by atoms with Gasteiger partial charge in [-0.05, 0) is 18.1 Å². The predicted octanol–water partition coefficient (Wildman–Crippen LogP) is 4.14. The number of hydrogen-bond donors (Lipinski definition) is 1. The number of nitrogens with zero attached hydrogens (tertiary/aromatic N) is 3. The zero-order valence-electron chi connectivity index (χ0n) is 14.7. The summed E-state index contributed by atoms with van der Waals surface area (Å²) in [5.41, 5.74) is -2.90. The molecule has 0 spiro atoms. The Morgan fingerprint density at radius 2 is 2.11 bits per heavy atom. The van der Waals surface area contributed by atoms with Gasteiger partial charge in [0.15, 0.2) is 0 Å². The molecule has 1 atom stereocenters. The van der Waals surface area contributed by atoms with Gasteiger partial charge < -0.3 is 9.84 Å². The molecule has 0 bridgehead atoms. The SMILES string of the molecule is CCC(O)(c1cn(Cc2ccc3c(Cl)c(C(=O)OC)sc3c2)nn1)C(F)(F)F. The third kappa shape index (κ3) is 3.47. The fraction of sp³-hybridized carbons (Fsp3) is 0.353. The Bertz CT molecular complexity index is 1030. The van der Waals surface area contributed by atoms with Crippen LogP contribution in [-0.2, 0) is 16.9 Å². The van der Waals surface area contributed by atoms with Crippen LogP contribution in [0.1, 0.15) is 34.3 Å². The van der Waals surface area contributed by atoms with Crippen LogP contribution in [0.5, 0.6) is 0 Å². The molecule has 3 aromatic rings. The van der Waals surface area contributed by atoms with E-state index >= 15 is 0 Å². The Labute approximate surface area is 166 Å². The van der Waals surface area contributed by atoms with E-state index in [1.54, 1.807) is 18.2 Å². The van der Waals surface area contributed by atoms with E-state index < -0.39 is 29.9 Å². The van der Waals surface area contributed by atoms with Gasteiger partial charge in [0.1, 0.15) is 10.6 Å². The van der Waals surface area contributed by atoms with Crippen LogP contribution < -0.4 is 0 Å². The first-order valence-corrected chi connectivity index (χ1v) is 9.29. The van der Waals surface area contributed by atoms with Gasteiger partial charge in [-0.25, -0.2) is 9.48 Å². The molecule has 150 valence electrons. The number of fused-ring (bicyclic) bond motifs is 1. The Hall–Kier alpha value is -2.17. The second kappa shape index (κ2) is 7.34. The second-order valence-electron chi connectivity index (χ2n) is 6.08. The number of carbonyl (C=O) groups is 1. The van der Waals surface area contributed by atoms with Crippen molar-refractivity contribution in [2.45, 2.75) is 31.7 Å².